The van der Waals surface area contributed by atoms with Gasteiger partial charge in [0, 0.05) is 11.4 Å². The SMILES string of the molecule is CC(C)c1ccc(O[C@](C)(Cc2ccc(Cl)cc2)C(=O)CO)cc1. The Labute approximate surface area is 148 Å². The molecule has 0 heterocycles. The molecule has 0 aliphatic rings. The molecule has 0 saturated carbocycles. The van der Waals surface area contributed by atoms with Crippen molar-refractivity contribution in [2.75, 3.05) is 6.61 Å². The Kier molecular flexibility index (Phi) is 6.03. The summed E-state index contributed by atoms with van der Waals surface area (Å²) in [7, 11) is 0. The number of aliphatic hydroxyl groups is 1. The lowest BCUT2D eigenvalue weighted by Crippen LogP contribution is -2.45. The van der Waals surface area contributed by atoms with Gasteiger partial charge < -0.3 is 9.84 Å². The van der Waals surface area contributed by atoms with Gasteiger partial charge in [0.1, 0.15) is 12.4 Å². The summed E-state index contributed by atoms with van der Waals surface area (Å²) in [5.41, 5.74) is 0.986. The van der Waals surface area contributed by atoms with E-state index in [9.17, 15) is 9.90 Å². The molecule has 0 saturated heterocycles. The summed E-state index contributed by atoms with van der Waals surface area (Å²) in [5, 5.41) is 9.97. The monoisotopic (exact) mass is 346 g/mol. The van der Waals surface area contributed by atoms with Gasteiger partial charge in [-0.25, -0.2) is 0 Å². The summed E-state index contributed by atoms with van der Waals surface area (Å²) in [4.78, 5) is 12.3. The van der Waals surface area contributed by atoms with Crippen LogP contribution in [0.25, 0.3) is 0 Å². The molecule has 3 nitrogen and oxygen atoms in total. The molecular weight excluding hydrogens is 324 g/mol. The van der Waals surface area contributed by atoms with E-state index in [1.54, 1.807) is 19.1 Å². The van der Waals surface area contributed by atoms with Gasteiger partial charge in [0.25, 0.3) is 0 Å². The van der Waals surface area contributed by atoms with Crippen molar-refractivity contribution in [1.29, 1.82) is 0 Å². The third-order valence-corrected chi connectivity index (χ3v) is 4.33. The Hall–Kier alpha value is -1.84. The summed E-state index contributed by atoms with van der Waals surface area (Å²) >= 11 is 5.90. The van der Waals surface area contributed by atoms with E-state index in [2.05, 4.69) is 13.8 Å². The molecule has 24 heavy (non-hydrogen) atoms. The predicted molar refractivity (Wildman–Crippen MR) is 96.8 cm³/mol. The lowest BCUT2D eigenvalue weighted by Gasteiger charge is -2.29. The van der Waals surface area contributed by atoms with Crippen molar-refractivity contribution in [3.05, 3.63) is 64.7 Å². The minimum Gasteiger partial charge on any atom is -0.479 e. The topological polar surface area (TPSA) is 46.5 Å². The third-order valence-electron chi connectivity index (χ3n) is 4.08. The summed E-state index contributed by atoms with van der Waals surface area (Å²) < 4.78 is 5.98. The molecule has 4 heteroatoms. The van der Waals surface area contributed by atoms with E-state index < -0.39 is 12.2 Å². The zero-order valence-corrected chi connectivity index (χ0v) is 15.0. The first-order chi connectivity index (χ1) is 11.3. The van der Waals surface area contributed by atoms with Crippen molar-refractivity contribution in [2.24, 2.45) is 0 Å². The first-order valence-corrected chi connectivity index (χ1v) is 8.39. The highest BCUT2D eigenvalue weighted by Crippen LogP contribution is 2.26. The number of hydrogen-bond donors (Lipinski definition) is 1. The number of Topliss-reactive ketones (excluding diaryl/α,β-unsaturated/α-hetero) is 1. The van der Waals surface area contributed by atoms with E-state index in [1.807, 2.05) is 36.4 Å². The Balaban J connectivity index is 2.23. The molecule has 0 aromatic heterocycles. The molecule has 1 atom stereocenters. The fourth-order valence-electron chi connectivity index (χ4n) is 2.53. The Bertz CT molecular complexity index is 677. The van der Waals surface area contributed by atoms with Gasteiger partial charge in [-0.15, -0.1) is 0 Å². The fraction of sp³-hybridized carbons (Fsp3) is 0.350. The number of rotatable bonds is 7. The highest BCUT2D eigenvalue weighted by Gasteiger charge is 2.35. The van der Waals surface area contributed by atoms with Gasteiger partial charge in [0.05, 0.1) is 0 Å². The standard InChI is InChI=1S/C20H23ClO3/c1-14(2)16-6-10-18(11-7-16)24-20(3,19(23)13-22)12-15-4-8-17(21)9-5-15/h4-11,14,22H,12-13H2,1-3H3/t20-/m1/s1. The minimum absolute atomic E-state index is 0.356. The second-order valence-corrected chi connectivity index (χ2v) is 6.88. The van der Waals surface area contributed by atoms with Gasteiger partial charge in [-0.05, 0) is 48.2 Å². The fourth-order valence-corrected chi connectivity index (χ4v) is 2.66. The lowest BCUT2D eigenvalue weighted by molar-refractivity contribution is -0.136. The number of carbonyl (C=O) groups is 1. The van der Waals surface area contributed by atoms with Crippen molar-refractivity contribution in [3.63, 3.8) is 0 Å². The van der Waals surface area contributed by atoms with Crippen LogP contribution in [0.2, 0.25) is 5.02 Å². The van der Waals surface area contributed by atoms with E-state index in [0.29, 0.717) is 23.1 Å². The number of carbonyl (C=O) groups excluding carboxylic acids is 1. The number of hydrogen-bond acceptors (Lipinski definition) is 3. The molecule has 2 aromatic rings. The van der Waals surface area contributed by atoms with Crippen molar-refractivity contribution in [1.82, 2.24) is 0 Å². The molecule has 0 aliphatic heterocycles. The molecular formula is C20H23ClO3. The number of ketones is 1. The largest absolute Gasteiger partial charge is 0.479 e. The highest BCUT2D eigenvalue weighted by molar-refractivity contribution is 6.30. The molecule has 128 valence electrons. The predicted octanol–water partition coefficient (Wildman–Crippen LogP) is 4.41. The van der Waals surface area contributed by atoms with Gasteiger partial charge in [0.2, 0.25) is 5.78 Å². The van der Waals surface area contributed by atoms with Crippen molar-refractivity contribution >= 4 is 17.4 Å². The summed E-state index contributed by atoms with van der Waals surface area (Å²) in [6, 6.07) is 15.0. The van der Waals surface area contributed by atoms with Crippen LogP contribution in [0.1, 0.15) is 37.8 Å². The molecule has 0 radical (unpaired) electrons. The quantitative estimate of drug-likeness (QED) is 0.808. The first kappa shape index (κ1) is 18.5. The van der Waals surface area contributed by atoms with Crippen molar-refractivity contribution in [2.45, 2.75) is 38.7 Å². The average Bonchev–Trinajstić information content (AvgIpc) is 2.56. The maximum Gasteiger partial charge on any atom is 0.201 e. The van der Waals surface area contributed by atoms with E-state index in [4.69, 9.17) is 16.3 Å². The number of ether oxygens (including phenoxy) is 1. The minimum atomic E-state index is -1.14. The van der Waals surface area contributed by atoms with Gasteiger partial charge in [-0.2, -0.15) is 0 Å². The van der Waals surface area contributed by atoms with Crippen molar-refractivity contribution in [3.8, 4) is 5.75 Å². The Morgan fingerprint density at radius 3 is 2.21 bits per heavy atom. The maximum atomic E-state index is 12.3. The molecule has 0 fully saturated rings. The molecule has 0 aliphatic carbocycles. The maximum absolute atomic E-state index is 12.3. The van der Waals surface area contributed by atoms with Crippen LogP contribution < -0.4 is 4.74 Å². The third kappa shape index (κ3) is 4.59. The van der Waals surface area contributed by atoms with Crippen LogP contribution in [0.3, 0.4) is 0 Å². The van der Waals surface area contributed by atoms with Crippen LogP contribution in [0.15, 0.2) is 48.5 Å². The highest BCUT2D eigenvalue weighted by atomic mass is 35.5. The first-order valence-electron chi connectivity index (χ1n) is 8.01. The van der Waals surface area contributed by atoms with Crippen LogP contribution in [-0.2, 0) is 11.2 Å². The molecule has 2 aromatic carbocycles. The van der Waals surface area contributed by atoms with E-state index in [-0.39, 0.29) is 5.78 Å². The van der Waals surface area contributed by atoms with E-state index in [0.717, 1.165) is 5.56 Å². The second-order valence-electron chi connectivity index (χ2n) is 6.44. The van der Waals surface area contributed by atoms with Crippen LogP contribution in [0.4, 0.5) is 0 Å². The van der Waals surface area contributed by atoms with Crippen LogP contribution in [-0.4, -0.2) is 23.1 Å². The second kappa shape index (κ2) is 7.82. The van der Waals surface area contributed by atoms with Gasteiger partial charge in [-0.3, -0.25) is 4.79 Å². The molecule has 0 unspecified atom stereocenters. The zero-order chi connectivity index (χ0) is 17.7. The molecule has 0 amide bonds. The summed E-state index contributed by atoms with van der Waals surface area (Å²) in [6.07, 6.45) is 0.357. The Morgan fingerprint density at radius 1 is 1.12 bits per heavy atom. The summed E-state index contributed by atoms with van der Waals surface area (Å²) in [6.45, 7) is 5.39. The normalized spacial score (nSPS) is 13.6. The molecule has 2 rings (SSSR count). The summed E-state index contributed by atoms with van der Waals surface area (Å²) in [5.74, 6) is 0.682. The molecule has 0 bridgehead atoms. The molecule has 0 spiro atoms. The number of halogens is 1. The number of aliphatic hydroxyl groups excluding tert-OH is 1. The smallest absolute Gasteiger partial charge is 0.201 e. The number of benzene rings is 2. The molecule has 1 N–H and O–H groups in total. The van der Waals surface area contributed by atoms with Gasteiger partial charge >= 0.3 is 0 Å². The van der Waals surface area contributed by atoms with Gasteiger partial charge in [0.15, 0.2) is 5.60 Å². The van der Waals surface area contributed by atoms with Crippen LogP contribution in [0.5, 0.6) is 5.75 Å². The van der Waals surface area contributed by atoms with Gasteiger partial charge in [-0.1, -0.05) is 49.7 Å². The van der Waals surface area contributed by atoms with E-state index >= 15 is 0 Å². The Morgan fingerprint density at radius 2 is 1.71 bits per heavy atom. The van der Waals surface area contributed by atoms with Crippen molar-refractivity contribution < 1.29 is 14.6 Å². The van der Waals surface area contributed by atoms with E-state index in [1.165, 1.54) is 5.56 Å². The average molecular weight is 347 g/mol. The van der Waals surface area contributed by atoms with Crippen LogP contribution >= 0.6 is 11.6 Å². The van der Waals surface area contributed by atoms with Crippen LogP contribution in [0, 0.1) is 0 Å². The zero-order valence-electron chi connectivity index (χ0n) is 14.3. The lowest BCUT2D eigenvalue weighted by atomic mass is 9.92.